The van der Waals surface area contributed by atoms with Crippen molar-refractivity contribution in [2.75, 3.05) is 6.61 Å². The highest BCUT2D eigenvalue weighted by Gasteiger charge is 2.28. The summed E-state index contributed by atoms with van der Waals surface area (Å²) in [7, 11) is 0. The van der Waals surface area contributed by atoms with E-state index >= 15 is 0 Å². The van der Waals surface area contributed by atoms with Crippen LogP contribution in [0.3, 0.4) is 0 Å². The standard InChI is InChI=1S/C8H14NO5/c1-4(11)9-5-2-6(12)7(3-10)14-8(5)13/h2,5-8,10,12-13H,3H2,1H3,(H,9,11)/q-1/t5-,6+,7-,8-/m1/s1. The van der Waals surface area contributed by atoms with Crippen molar-refractivity contribution >= 4 is 5.91 Å². The number of ether oxygens (including phenoxy) is 1. The Morgan fingerprint density at radius 1 is 1.57 bits per heavy atom. The van der Waals surface area contributed by atoms with Crippen molar-refractivity contribution in [3.8, 4) is 0 Å². The average Bonchev–Trinajstić information content (AvgIpc) is 2.10. The minimum atomic E-state index is -1.24. The van der Waals surface area contributed by atoms with Gasteiger partial charge in [0.2, 0.25) is 5.91 Å². The van der Waals surface area contributed by atoms with Crippen molar-refractivity contribution in [3.63, 3.8) is 0 Å². The highest BCUT2D eigenvalue weighted by Crippen LogP contribution is 2.17. The molecular formula is C8H14NO5-. The normalized spacial score (nSPS) is 38.0. The number of hydrogen-bond acceptors (Lipinski definition) is 5. The molecule has 1 aliphatic heterocycles. The first kappa shape index (κ1) is 11.4. The molecule has 4 N–H and O–H groups in total. The van der Waals surface area contributed by atoms with Crippen LogP contribution in [0, 0.1) is 6.42 Å². The molecule has 1 aliphatic rings. The lowest BCUT2D eigenvalue weighted by Gasteiger charge is -2.44. The van der Waals surface area contributed by atoms with Crippen molar-refractivity contribution in [3.05, 3.63) is 6.42 Å². The zero-order valence-corrected chi connectivity index (χ0v) is 7.75. The average molecular weight is 204 g/mol. The lowest BCUT2D eigenvalue weighted by molar-refractivity contribution is -0.203. The molecule has 0 spiro atoms. The van der Waals surface area contributed by atoms with E-state index in [0.717, 1.165) is 0 Å². The van der Waals surface area contributed by atoms with Gasteiger partial charge in [-0.15, -0.1) is 0 Å². The molecule has 0 aromatic rings. The summed E-state index contributed by atoms with van der Waals surface area (Å²) in [5.41, 5.74) is 0. The van der Waals surface area contributed by atoms with E-state index in [0.29, 0.717) is 0 Å². The predicted molar refractivity (Wildman–Crippen MR) is 45.9 cm³/mol. The third kappa shape index (κ3) is 2.65. The Morgan fingerprint density at radius 2 is 2.21 bits per heavy atom. The number of aliphatic hydroxyl groups excluding tert-OH is 3. The Balaban J connectivity index is 2.52. The third-order valence-corrected chi connectivity index (χ3v) is 1.96. The molecule has 0 aliphatic carbocycles. The molecule has 0 saturated carbocycles. The highest BCUT2D eigenvalue weighted by molar-refractivity contribution is 5.73. The van der Waals surface area contributed by atoms with Gasteiger partial charge in [-0.3, -0.25) is 11.2 Å². The summed E-state index contributed by atoms with van der Waals surface area (Å²) >= 11 is 0. The van der Waals surface area contributed by atoms with Crippen LogP contribution in [-0.4, -0.2) is 52.4 Å². The van der Waals surface area contributed by atoms with Gasteiger partial charge < -0.3 is 25.4 Å². The maximum atomic E-state index is 10.7. The molecule has 1 saturated heterocycles. The van der Waals surface area contributed by atoms with Crippen molar-refractivity contribution in [2.45, 2.75) is 31.5 Å². The first-order valence-corrected chi connectivity index (χ1v) is 4.29. The predicted octanol–water partition coefficient (Wildman–Crippen LogP) is -2.23. The summed E-state index contributed by atoms with van der Waals surface area (Å²) in [6, 6.07) is -0.745. The first-order chi connectivity index (χ1) is 6.54. The highest BCUT2D eigenvalue weighted by atomic mass is 16.6. The largest absolute Gasteiger partial charge is 0.422 e. The molecule has 1 heterocycles. The summed E-state index contributed by atoms with van der Waals surface area (Å²) in [4.78, 5) is 10.7. The quantitative estimate of drug-likeness (QED) is 0.381. The maximum Gasteiger partial charge on any atom is 0.214 e. The number of carbonyl (C=O) groups excluding carboxylic acids is 1. The minimum absolute atomic E-state index is 0.330. The second kappa shape index (κ2) is 4.70. The van der Waals surface area contributed by atoms with Crippen LogP contribution in [-0.2, 0) is 9.53 Å². The lowest BCUT2D eigenvalue weighted by atomic mass is 10.0. The van der Waals surface area contributed by atoms with Gasteiger partial charge in [-0.2, -0.15) is 0 Å². The smallest absolute Gasteiger partial charge is 0.214 e. The van der Waals surface area contributed by atoms with E-state index in [1.807, 2.05) is 0 Å². The van der Waals surface area contributed by atoms with E-state index in [1.54, 1.807) is 0 Å². The zero-order valence-electron chi connectivity index (χ0n) is 7.75. The topological polar surface area (TPSA) is 99.0 Å². The molecular weight excluding hydrogens is 190 g/mol. The van der Waals surface area contributed by atoms with E-state index in [9.17, 15) is 15.0 Å². The number of aliphatic hydroxyl groups is 3. The van der Waals surface area contributed by atoms with Crippen LogP contribution in [0.25, 0.3) is 0 Å². The Bertz CT molecular complexity index is 210. The molecule has 6 heteroatoms. The molecule has 0 aromatic heterocycles. The third-order valence-electron chi connectivity index (χ3n) is 1.96. The van der Waals surface area contributed by atoms with Crippen LogP contribution >= 0.6 is 0 Å². The van der Waals surface area contributed by atoms with Crippen LogP contribution in [0.4, 0.5) is 0 Å². The summed E-state index contributed by atoms with van der Waals surface area (Å²) < 4.78 is 4.87. The van der Waals surface area contributed by atoms with Crippen molar-refractivity contribution in [2.24, 2.45) is 0 Å². The second-order valence-electron chi connectivity index (χ2n) is 3.16. The number of nitrogens with one attached hydrogen (secondary N) is 1. The number of amides is 1. The van der Waals surface area contributed by atoms with Crippen LogP contribution < -0.4 is 5.32 Å². The molecule has 0 radical (unpaired) electrons. The molecule has 6 nitrogen and oxygen atoms in total. The molecule has 14 heavy (non-hydrogen) atoms. The van der Waals surface area contributed by atoms with E-state index in [4.69, 9.17) is 9.84 Å². The van der Waals surface area contributed by atoms with Gasteiger partial charge in [-0.25, -0.2) is 0 Å². The van der Waals surface area contributed by atoms with Crippen LogP contribution in [0.2, 0.25) is 0 Å². The van der Waals surface area contributed by atoms with Gasteiger partial charge in [0.25, 0.3) is 0 Å². The van der Waals surface area contributed by atoms with Crippen molar-refractivity contribution < 1.29 is 24.9 Å². The van der Waals surface area contributed by atoms with Gasteiger partial charge >= 0.3 is 0 Å². The lowest BCUT2D eigenvalue weighted by Crippen LogP contribution is -2.55. The summed E-state index contributed by atoms with van der Waals surface area (Å²) in [6.45, 7) is 0.909. The van der Waals surface area contributed by atoms with Crippen LogP contribution in [0.1, 0.15) is 6.92 Å². The molecule has 0 aromatic carbocycles. The number of hydrogen-bond donors (Lipinski definition) is 4. The Kier molecular flexibility index (Phi) is 3.82. The van der Waals surface area contributed by atoms with E-state index in [-0.39, 0.29) is 12.5 Å². The fourth-order valence-corrected chi connectivity index (χ4v) is 1.28. The van der Waals surface area contributed by atoms with Gasteiger partial charge in [0.15, 0.2) is 0 Å². The number of carbonyl (C=O) groups is 1. The monoisotopic (exact) mass is 204 g/mol. The molecule has 1 amide bonds. The summed E-state index contributed by atoms with van der Waals surface area (Å²) in [5, 5.41) is 29.9. The zero-order chi connectivity index (χ0) is 10.7. The first-order valence-electron chi connectivity index (χ1n) is 4.29. The van der Waals surface area contributed by atoms with Gasteiger partial charge in [0, 0.05) is 6.92 Å². The van der Waals surface area contributed by atoms with Gasteiger partial charge in [-0.1, -0.05) is 0 Å². The number of rotatable bonds is 2. The van der Waals surface area contributed by atoms with Crippen molar-refractivity contribution in [1.82, 2.24) is 5.32 Å². The fourth-order valence-electron chi connectivity index (χ4n) is 1.28. The minimum Gasteiger partial charge on any atom is -0.422 e. The summed E-state index contributed by atoms with van der Waals surface area (Å²) in [5.74, 6) is -0.330. The van der Waals surface area contributed by atoms with E-state index < -0.39 is 24.5 Å². The Morgan fingerprint density at radius 3 is 2.71 bits per heavy atom. The maximum absolute atomic E-state index is 10.7. The molecule has 1 rings (SSSR count). The molecule has 0 unspecified atom stereocenters. The molecule has 1 fully saturated rings. The molecule has 4 atom stereocenters. The van der Waals surface area contributed by atoms with Gasteiger partial charge in [0.1, 0.15) is 6.29 Å². The van der Waals surface area contributed by atoms with Gasteiger partial charge in [0.05, 0.1) is 12.7 Å². The van der Waals surface area contributed by atoms with E-state index in [2.05, 4.69) is 5.32 Å². The summed E-state index contributed by atoms with van der Waals surface area (Å²) in [6.07, 6.45) is -1.74. The Hall–Kier alpha value is -0.690. The van der Waals surface area contributed by atoms with Crippen LogP contribution in [0.15, 0.2) is 0 Å². The Labute approximate surface area is 81.5 Å². The SMILES string of the molecule is CC(=O)N[C@@H]1[CH-][C@H](O)[C@@H](CO)O[C@H]1O. The molecule has 82 valence electrons. The second-order valence-corrected chi connectivity index (χ2v) is 3.16. The fraction of sp³-hybridized carbons (Fsp3) is 0.750. The van der Waals surface area contributed by atoms with Crippen molar-refractivity contribution in [1.29, 1.82) is 0 Å². The van der Waals surface area contributed by atoms with E-state index in [1.165, 1.54) is 13.3 Å². The van der Waals surface area contributed by atoms with Gasteiger partial charge in [-0.05, 0) is 12.1 Å². The molecule has 0 bridgehead atoms. The van der Waals surface area contributed by atoms with Crippen LogP contribution in [0.5, 0.6) is 0 Å².